The minimum atomic E-state index is -3.61. The van der Waals surface area contributed by atoms with Crippen LogP contribution in [-0.4, -0.2) is 33.2 Å². The summed E-state index contributed by atoms with van der Waals surface area (Å²) in [7, 11) is -3.61. The highest BCUT2D eigenvalue weighted by Gasteiger charge is 2.22. The second kappa shape index (κ2) is 8.43. The highest BCUT2D eigenvalue weighted by molar-refractivity contribution is 7.92. The monoisotopic (exact) mass is 390 g/mol. The van der Waals surface area contributed by atoms with Gasteiger partial charge in [0.15, 0.2) is 0 Å². The van der Waals surface area contributed by atoms with Gasteiger partial charge in [-0.2, -0.15) is 0 Å². The quantitative estimate of drug-likeness (QED) is 0.785. The van der Waals surface area contributed by atoms with Gasteiger partial charge >= 0.3 is 0 Å². The van der Waals surface area contributed by atoms with Crippen LogP contribution in [0.2, 0.25) is 0 Å². The van der Waals surface area contributed by atoms with Gasteiger partial charge in [-0.3, -0.25) is 9.10 Å². The molecule has 2 aromatic carbocycles. The van der Waals surface area contributed by atoms with E-state index < -0.39 is 15.9 Å². The van der Waals surface area contributed by atoms with Gasteiger partial charge in [-0.25, -0.2) is 8.42 Å². The van der Waals surface area contributed by atoms with Crippen molar-refractivity contribution in [1.82, 2.24) is 0 Å². The summed E-state index contributed by atoms with van der Waals surface area (Å²) < 4.78 is 31.2. The average molecular weight is 391 g/mol. The molecule has 0 aliphatic heterocycles. The Hall–Kier alpha value is -2.54. The van der Waals surface area contributed by atoms with Crippen LogP contribution in [0.5, 0.6) is 5.75 Å². The fourth-order valence-electron chi connectivity index (χ4n) is 2.61. The molecule has 1 amide bonds. The first kappa shape index (κ1) is 20.8. The Morgan fingerprint density at radius 3 is 2.30 bits per heavy atom. The van der Waals surface area contributed by atoms with Gasteiger partial charge < -0.3 is 10.1 Å². The number of sulfonamides is 1. The maximum Gasteiger partial charge on any atom is 0.245 e. The van der Waals surface area contributed by atoms with E-state index in [2.05, 4.69) is 5.32 Å². The van der Waals surface area contributed by atoms with E-state index in [9.17, 15) is 13.2 Å². The summed E-state index contributed by atoms with van der Waals surface area (Å²) in [5.74, 6) is 0.287. The Morgan fingerprint density at radius 1 is 1.11 bits per heavy atom. The second-order valence-electron chi connectivity index (χ2n) is 6.73. The molecule has 6 nitrogen and oxygen atoms in total. The van der Waals surface area contributed by atoms with Crippen molar-refractivity contribution in [3.8, 4) is 5.75 Å². The first-order chi connectivity index (χ1) is 12.6. The molecule has 0 unspecified atom stereocenters. The van der Waals surface area contributed by atoms with E-state index in [-0.39, 0.29) is 12.6 Å². The SMILES string of the molecule is Cc1cccc(N(CC(=O)Nc2ccc(OC(C)C)cc2)S(C)(=O)=O)c1C. The summed E-state index contributed by atoms with van der Waals surface area (Å²) in [5.41, 5.74) is 2.87. The number of amides is 1. The third-order valence-corrected chi connectivity index (χ3v) is 5.17. The van der Waals surface area contributed by atoms with Crippen molar-refractivity contribution in [3.63, 3.8) is 0 Å². The first-order valence-corrected chi connectivity index (χ1v) is 10.5. The van der Waals surface area contributed by atoms with Crippen LogP contribution < -0.4 is 14.4 Å². The smallest absolute Gasteiger partial charge is 0.245 e. The number of ether oxygens (including phenoxy) is 1. The van der Waals surface area contributed by atoms with Gasteiger partial charge in [0.1, 0.15) is 12.3 Å². The molecule has 0 aliphatic carbocycles. The van der Waals surface area contributed by atoms with Crippen LogP contribution >= 0.6 is 0 Å². The molecule has 7 heteroatoms. The molecular weight excluding hydrogens is 364 g/mol. The normalized spacial score (nSPS) is 11.3. The summed E-state index contributed by atoms with van der Waals surface area (Å²) in [4.78, 5) is 12.5. The summed E-state index contributed by atoms with van der Waals surface area (Å²) >= 11 is 0. The van der Waals surface area contributed by atoms with Crippen LogP contribution in [0, 0.1) is 13.8 Å². The number of rotatable bonds is 7. The van der Waals surface area contributed by atoms with Gasteiger partial charge in [0.2, 0.25) is 15.9 Å². The summed E-state index contributed by atoms with van der Waals surface area (Å²) in [6.07, 6.45) is 1.16. The summed E-state index contributed by atoms with van der Waals surface area (Å²) in [5, 5.41) is 2.73. The van der Waals surface area contributed by atoms with Gasteiger partial charge in [0, 0.05) is 5.69 Å². The van der Waals surface area contributed by atoms with Crippen LogP contribution in [-0.2, 0) is 14.8 Å². The predicted octanol–water partition coefficient (Wildman–Crippen LogP) is 3.50. The van der Waals surface area contributed by atoms with E-state index in [1.54, 1.807) is 36.4 Å². The second-order valence-corrected chi connectivity index (χ2v) is 8.63. The van der Waals surface area contributed by atoms with Crippen molar-refractivity contribution in [1.29, 1.82) is 0 Å². The maximum atomic E-state index is 12.5. The molecule has 0 spiro atoms. The number of nitrogens with zero attached hydrogens (tertiary/aromatic N) is 1. The average Bonchev–Trinajstić information content (AvgIpc) is 2.56. The van der Waals surface area contributed by atoms with E-state index in [0.717, 1.165) is 21.7 Å². The summed E-state index contributed by atoms with van der Waals surface area (Å²) in [6.45, 7) is 7.31. The molecule has 0 saturated carbocycles. The standard InChI is InChI=1S/C20H26N2O4S/c1-14(2)26-18-11-9-17(10-12-18)21-20(23)13-22(27(5,24)25)19-8-6-7-15(3)16(19)4/h6-12,14H,13H2,1-5H3,(H,21,23). The molecule has 0 fully saturated rings. The molecule has 2 aromatic rings. The van der Waals surface area contributed by atoms with Crippen LogP contribution in [0.25, 0.3) is 0 Å². The third-order valence-electron chi connectivity index (χ3n) is 4.04. The summed E-state index contributed by atoms with van der Waals surface area (Å²) in [6, 6.07) is 12.3. The zero-order valence-corrected chi connectivity index (χ0v) is 17.1. The zero-order chi connectivity index (χ0) is 20.2. The van der Waals surface area contributed by atoms with Crippen molar-refractivity contribution >= 4 is 27.3 Å². The number of carbonyl (C=O) groups is 1. The molecule has 0 bridgehead atoms. The Balaban J connectivity index is 2.16. The first-order valence-electron chi connectivity index (χ1n) is 8.68. The van der Waals surface area contributed by atoms with Gasteiger partial charge in [0.05, 0.1) is 18.0 Å². The molecule has 146 valence electrons. The lowest BCUT2D eigenvalue weighted by Gasteiger charge is -2.24. The topological polar surface area (TPSA) is 75.7 Å². The van der Waals surface area contributed by atoms with Crippen LogP contribution in [0.4, 0.5) is 11.4 Å². The van der Waals surface area contributed by atoms with Crippen LogP contribution in [0.3, 0.4) is 0 Å². The van der Waals surface area contributed by atoms with Crippen molar-refractivity contribution in [2.45, 2.75) is 33.8 Å². The number of carbonyl (C=O) groups excluding carboxylic acids is 1. The highest BCUT2D eigenvalue weighted by Crippen LogP contribution is 2.25. The van der Waals surface area contributed by atoms with Crippen molar-refractivity contribution in [2.24, 2.45) is 0 Å². The molecule has 0 atom stereocenters. The minimum absolute atomic E-state index is 0.0614. The maximum absolute atomic E-state index is 12.5. The van der Waals surface area contributed by atoms with E-state index >= 15 is 0 Å². The van der Waals surface area contributed by atoms with Gasteiger partial charge in [-0.15, -0.1) is 0 Å². The molecule has 0 aliphatic rings. The van der Waals surface area contributed by atoms with Crippen LogP contribution in [0.15, 0.2) is 42.5 Å². The fourth-order valence-corrected chi connectivity index (χ4v) is 3.51. The largest absolute Gasteiger partial charge is 0.491 e. The number of aryl methyl sites for hydroxylation is 1. The highest BCUT2D eigenvalue weighted by atomic mass is 32.2. The Morgan fingerprint density at radius 2 is 1.74 bits per heavy atom. The Bertz CT molecular complexity index is 906. The van der Waals surface area contributed by atoms with Gasteiger partial charge in [-0.05, 0) is 69.2 Å². The molecule has 27 heavy (non-hydrogen) atoms. The third kappa shape index (κ3) is 5.72. The molecule has 0 heterocycles. The zero-order valence-electron chi connectivity index (χ0n) is 16.3. The molecule has 0 radical (unpaired) electrons. The van der Waals surface area contributed by atoms with Gasteiger partial charge in [0.25, 0.3) is 0 Å². The predicted molar refractivity (Wildman–Crippen MR) is 109 cm³/mol. The molecule has 0 saturated heterocycles. The van der Waals surface area contributed by atoms with E-state index in [0.29, 0.717) is 17.1 Å². The number of hydrogen-bond donors (Lipinski definition) is 1. The van der Waals surface area contributed by atoms with Crippen LogP contribution in [0.1, 0.15) is 25.0 Å². The minimum Gasteiger partial charge on any atom is -0.491 e. The van der Waals surface area contributed by atoms with Crippen molar-refractivity contribution in [3.05, 3.63) is 53.6 Å². The molecule has 0 aromatic heterocycles. The lowest BCUT2D eigenvalue weighted by molar-refractivity contribution is -0.114. The number of benzene rings is 2. The molecular formula is C20H26N2O4S. The number of anilines is 2. The molecule has 1 N–H and O–H groups in total. The van der Waals surface area contributed by atoms with E-state index in [1.807, 2.05) is 33.8 Å². The van der Waals surface area contributed by atoms with Crippen molar-refractivity contribution in [2.75, 3.05) is 22.4 Å². The Kier molecular flexibility index (Phi) is 6.49. The van der Waals surface area contributed by atoms with Gasteiger partial charge in [-0.1, -0.05) is 12.1 Å². The lowest BCUT2D eigenvalue weighted by Crippen LogP contribution is -2.38. The fraction of sp³-hybridized carbons (Fsp3) is 0.350. The molecule has 2 rings (SSSR count). The Labute approximate surface area is 161 Å². The number of hydrogen-bond acceptors (Lipinski definition) is 4. The van der Waals surface area contributed by atoms with E-state index in [4.69, 9.17) is 4.74 Å². The van der Waals surface area contributed by atoms with E-state index in [1.165, 1.54) is 0 Å². The van der Waals surface area contributed by atoms with Crippen molar-refractivity contribution < 1.29 is 17.9 Å². The lowest BCUT2D eigenvalue weighted by atomic mass is 10.1. The number of nitrogens with one attached hydrogen (secondary N) is 1.